The Morgan fingerprint density at radius 1 is 1.32 bits per heavy atom. The Kier molecular flexibility index (Phi) is 10.3. The van der Waals surface area contributed by atoms with E-state index >= 15 is 0 Å². The maximum Gasteiger partial charge on any atom is 0.242 e. The van der Waals surface area contributed by atoms with Gasteiger partial charge in [-0.1, -0.05) is 44.7 Å². The van der Waals surface area contributed by atoms with Crippen LogP contribution in [-0.4, -0.2) is 24.7 Å². The number of benzene rings is 1. The van der Waals surface area contributed by atoms with Crippen molar-refractivity contribution in [2.24, 2.45) is 5.92 Å². The van der Waals surface area contributed by atoms with Gasteiger partial charge < -0.3 is 10.1 Å². The van der Waals surface area contributed by atoms with Crippen LogP contribution >= 0.6 is 23.8 Å². The maximum absolute atomic E-state index is 12.0. The number of unbranched alkanes of at least 4 members (excludes halogenated alkanes) is 2. The van der Waals surface area contributed by atoms with Crippen molar-refractivity contribution in [2.45, 2.75) is 46.0 Å². The van der Waals surface area contributed by atoms with Gasteiger partial charge >= 0.3 is 0 Å². The number of ether oxygens (including phenoxy) is 1. The number of carbonyl (C=O) groups excluding carboxylic acids is 1. The summed E-state index contributed by atoms with van der Waals surface area (Å²) in [7, 11) is 1.56. The molecule has 0 radical (unpaired) electrons. The summed E-state index contributed by atoms with van der Waals surface area (Å²) < 4.78 is 5.23. The summed E-state index contributed by atoms with van der Waals surface area (Å²) in [6, 6.07) is 5.18. The molecule has 0 aliphatic carbocycles. The molecule has 1 amide bonds. The third-order valence-corrected chi connectivity index (χ3v) is 4.30. The molecule has 7 heteroatoms. The number of methoxy groups -OCH3 is 1. The Morgan fingerprint density at radius 3 is 2.76 bits per heavy atom. The molecule has 25 heavy (non-hydrogen) atoms. The minimum absolute atomic E-state index is 0.146. The van der Waals surface area contributed by atoms with Gasteiger partial charge in [0, 0.05) is 17.1 Å². The molecule has 0 aliphatic rings. The summed E-state index contributed by atoms with van der Waals surface area (Å²) >= 11 is 11.1. The molecule has 0 bridgehead atoms. The topological polar surface area (TPSA) is 62.4 Å². The van der Waals surface area contributed by atoms with Crippen LogP contribution in [0.4, 0.5) is 0 Å². The van der Waals surface area contributed by atoms with Crippen LogP contribution in [0.15, 0.2) is 18.2 Å². The van der Waals surface area contributed by atoms with Gasteiger partial charge in [-0.25, -0.2) is 0 Å². The average Bonchev–Trinajstić information content (AvgIpc) is 2.58. The second-order valence-electron chi connectivity index (χ2n) is 6.12. The van der Waals surface area contributed by atoms with Crippen molar-refractivity contribution in [3.63, 3.8) is 0 Å². The molecular formula is C18H28ClN3O2S. The molecule has 3 N–H and O–H groups in total. The normalized spacial score (nSPS) is 11.5. The van der Waals surface area contributed by atoms with E-state index in [1.165, 1.54) is 25.7 Å². The zero-order chi connectivity index (χ0) is 18.7. The van der Waals surface area contributed by atoms with Crippen LogP contribution in [0.3, 0.4) is 0 Å². The van der Waals surface area contributed by atoms with Crippen molar-refractivity contribution in [3.05, 3.63) is 28.8 Å². The SMILES string of the molecule is CCCCC[C@@H](C)CNC(=S)NNC(=O)Cc1cc(Cl)ccc1OC. The van der Waals surface area contributed by atoms with E-state index in [-0.39, 0.29) is 12.3 Å². The van der Waals surface area contributed by atoms with Crippen LogP contribution in [0.2, 0.25) is 5.02 Å². The fourth-order valence-corrected chi connectivity index (χ4v) is 2.71. The molecule has 0 fully saturated rings. The highest BCUT2D eigenvalue weighted by Crippen LogP contribution is 2.22. The molecule has 1 atom stereocenters. The van der Waals surface area contributed by atoms with Gasteiger partial charge in [-0.3, -0.25) is 15.6 Å². The molecule has 0 saturated heterocycles. The molecule has 0 aliphatic heterocycles. The van der Waals surface area contributed by atoms with E-state index in [4.69, 9.17) is 28.6 Å². The maximum atomic E-state index is 12.0. The van der Waals surface area contributed by atoms with Crippen LogP contribution < -0.4 is 20.9 Å². The van der Waals surface area contributed by atoms with Gasteiger partial charge in [-0.2, -0.15) is 0 Å². The number of hydrogen-bond donors (Lipinski definition) is 3. The predicted octanol–water partition coefficient (Wildman–Crippen LogP) is 3.60. The van der Waals surface area contributed by atoms with Crippen LogP contribution in [0.5, 0.6) is 5.75 Å². The fraction of sp³-hybridized carbons (Fsp3) is 0.556. The largest absolute Gasteiger partial charge is 0.496 e. The smallest absolute Gasteiger partial charge is 0.242 e. The molecule has 0 aromatic heterocycles. The molecule has 0 unspecified atom stereocenters. The van der Waals surface area contributed by atoms with E-state index in [0.29, 0.717) is 21.8 Å². The highest BCUT2D eigenvalue weighted by atomic mass is 35.5. The number of thiocarbonyl (C=S) groups is 1. The van der Waals surface area contributed by atoms with Crippen molar-refractivity contribution in [1.29, 1.82) is 0 Å². The number of amides is 1. The van der Waals surface area contributed by atoms with Crippen LogP contribution in [0.25, 0.3) is 0 Å². The number of halogens is 1. The molecule has 0 heterocycles. The van der Waals surface area contributed by atoms with E-state index in [9.17, 15) is 4.79 Å². The third kappa shape index (κ3) is 8.93. The molecular weight excluding hydrogens is 358 g/mol. The zero-order valence-electron chi connectivity index (χ0n) is 15.2. The number of hydrogen-bond acceptors (Lipinski definition) is 3. The summed E-state index contributed by atoms with van der Waals surface area (Å²) in [5.74, 6) is 0.944. The zero-order valence-corrected chi connectivity index (χ0v) is 16.7. The first-order chi connectivity index (χ1) is 12.0. The number of carbonyl (C=O) groups is 1. The molecule has 0 spiro atoms. The summed E-state index contributed by atoms with van der Waals surface area (Å²) in [5.41, 5.74) is 6.03. The van der Waals surface area contributed by atoms with Gasteiger partial charge in [-0.05, 0) is 42.8 Å². The summed E-state index contributed by atoms with van der Waals surface area (Å²) in [6.07, 6.45) is 5.04. The molecule has 1 aromatic rings. The first kappa shape index (κ1) is 21.5. The summed E-state index contributed by atoms with van der Waals surface area (Å²) in [6.45, 7) is 5.17. The Morgan fingerprint density at radius 2 is 2.08 bits per heavy atom. The highest BCUT2D eigenvalue weighted by Gasteiger charge is 2.10. The fourth-order valence-electron chi connectivity index (χ4n) is 2.38. The quantitative estimate of drug-likeness (QED) is 0.344. The van der Waals surface area contributed by atoms with Crippen LogP contribution in [0, 0.1) is 5.92 Å². The van der Waals surface area contributed by atoms with Crippen molar-refractivity contribution in [1.82, 2.24) is 16.2 Å². The molecule has 5 nitrogen and oxygen atoms in total. The van der Waals surface area contributed by atoms with Crippen molar-refractivity contribution < 1.29 is 9.53 Å². The van der Waals surface area contributed by atoms with E-state index in [2.05, 4.69) is 30.0 Å². The van der Waals surface area contributed by atoms with Crippen LogP contribution in [-0.2, 0) is 11.2 Å². The van der Waals surface area contributed by atoms with Crippen molar-refractivity contribution in [3.8, 4) is 5.75 Å². The first-order valence-corrected chi connectivity index (χ1v) is 9.40. The van der Waals surface area contributed by atoms with Crippen molar-refractivity contribution in [2.75, 3.05) is 13.7 Å². The van der Waals surface area contributed by atoms with E-state index in [1.807, 2.05) is 0 Å². The highest BCUT2D eigenvalue weighted by molar-refractivity contribution is 7.80. The second kappa shape index (κ2) is 11.9. The third-order valence-electron chi connectivity index (χ3n) is 3.82. The molecule has 0 saturated carbocycles. The Balaban J connectivity index is 2.32. The number of rotatable bonds is 9. The Bertz CT molecular complexity index is 569. The lowest BCUT2D eigenvalue weighted by Crippen LogP contribution is -2.48. The molecule has 1 rings (SSSR count). The minimum atomic E-state index is -0.222. The average molecular weight is 386 g/mol. The summed E-state index contributed by atoms with van der Waals surface area (Å²) in [4.78, 5) is 12.0. The van der Waals surface area contributed by atoms with Crippen LogP contribution in [0.1, 0.15) is 45.1 Å². The second-order valence-corrected chi connectivity index (χ2v) is 6.96. The Labute approximate surface area is 160 Å². The monoisotopic (exact) mass is 385 g/mol. The van der Waals surface area contributed by atoms with Gasteiger partial charge in [0.1, 0.15) is 5.75 Å². The van der Waals surface area contributed by atoms with E-state index in [1.54, 1.807) is 25.3 Å². The van der Waals surface area contributed by atoms with Crippen molar-refractivity contribution >= 4 is 34.8 Å². The van der Waals surface area contributed by atoms with Gasteiger partial charge in [-0.15, -0.1) is 0 Å². The first-order valence-electron chi connectivity index (χ1n) is 8.61. The van der Waals surface area contributed by atoms with Gasteiger partial charge in [0.2, 0.25) is 5.91 Å². The lowest BCUT2D eigenvalue weighted by molar-refractivity contribution is -0.121. The lowest BCUT2D eigenvalue weighted by Gasteiger charge is -2.16. The lowest BCUT2D eigenvalue weighted by atomic mass is 10.0. The molecule has 140 valence electrons. The van der Waals surface area contributed by atoms with Gasteiger partial charge in [0.15, 0.2) is 5.11 Å². The number of nitrogens with one attached hydrogen (secondary N) is 3. The van der Waals surface area contributed by atoms with E-state index < -0.39 is 0 Å². The molecule has 1 aromatic carbocycles. The Hall–Kier alpha value is -1.53. The van der Waals surface area contributed by atoms with Gasteiger partial charge in [0.05, 0.1) is 13.5 Å². The minimum Gasteiger partial charge on any atom is -0.496 e. The summed E-state index contributed by atoms with van der Waals surface area (Å²) in [5, 5.41) is 4.09. The van der Waals surface area contributed by atoms with Gasteiger partial charge in [0.25, 0.3) is 0 Å². The number of hydrazine groups is 1. The standard InChI is InChI=1S/C18H28ClN3O2S/c1-4-5-6-7-13(2)12-20-18(25)22-21-17(23)11-14-10-15(19)8-9-16(14)24-3/h8-10,13H,4-7,11-12H2,1-3H3,(H,21,23)(H2,20,22,25)/t13-/m1/s1. The predicted molar refractivity (Wildman–Crippen MR) is 107 cm³/mol. The van der Waals surface area contributed by atoms with E-state index in [0.717, 1.165) is 12.1 Å².